The Labute approximate surface area is 110 Å². The van der Waals surface area contributed by atoms with Gasteiger partial charge in [0.1, 0.15) is 0 Å². The van der Waals surface area contributed by atoms with Crippen LogP contribution in [0.1, 0.15) is 12.5 Å². The van der Waals surface area contributed by atoms with Crippen molar-refractivity contribution >= 4 is 19.4 Å². The van der Waals surface area contributed by atoms with E-state index in [1.807, 2.05) is 0 Å². The van der Waals surface area contributed by atoms with Crippen LogP contribution in [0, 0.1) is 0 Å². The van der Waals surface area contributed by atoms with Crippen LogP contribution >= 0.6 is 0 Å². The fourth-order valence-electron chi connectivity index (χ4n) is 1.59. The molecule has 0 saturated heterocycles. The van der Waals surface area contributed by atoms with Crippen LogP contribution in [0.2, 0.25) is 0 Å². The van der Waals surface area contributed by atoms with E-state index >= 15 is 0 Å². The normalized spacial score (nSPS) is 11.5. The van der Waals surface area contributed by atoms with E-state index in [4.69, 9.17) is 0 Å². The number of rotatable bonds is 4. The molecule has 0 amide bonds. The molecule has 0 aliphatic heterocycles. The molecule has 17 heavy (non-hydrogen) atoms. The second-order valence-corrected chi connectivity index (χ2v) is 6.69. The van der Waals surface area contributed by atoms with Crippen LogP contribution in [0.25, 0.3) is 0 Å². The Bertz CT molecular complexity index is 471. The molecule has 0 unspecified atom stereocenters. The van der Waals surface area contributed by atoms with E-state index in [1.165, 1.54) is 14.5 Å². The van der Waals surface area contributed by atoms with Crippen molar-refractivity contribution in [1.82, 2.24) is 0 Å². The van der Waals surface area contributed by atoms with Crippen LogP contribution in [0.3, 0.4) is 0 Å². The van der Waals surface area contributed by atoms with Crippen molar-refractivity contribution in [2.45, 2.75) is 13.3 Å². The summed E-state index contributed by atoms with van der Waals surface area (Å²) in [6, 6.07) is 21.3. The fourth-order valence-corrected chi connectivity index (χ4v) is 3.34. The molecule has 1 heteroatoms. The first-order chi connectivity index (χ1) is 8.34. The molecule has 0 nitrogen and oxygen atoms in total. The molecule has 86 valence electrons. The zero-order valence-corrected chi connectivity index (χ0v) is 11.7. The Morgan fingerprint density at radius 2 is 1.53 bits per heavy atom. The van der Waals surface area contributed by atoms with Gasteiger partial charge in [0.25, 0.3) is 0 Å². The molecule has 2 aromatic rings. The Hall–Kier alpha value is -1.30. The summed E-state index contributed by atoms with van der Waals surface area (Å²) in [6.45, 7) is 2.23. The zero-order chi connectivity index (χ0) is 11.9. The Morgan fingerprint density at radius 1 is 0.941 bits per heavy atom. The van der Waals surface area contributed by atoms with Gasteiger partial charge in [0, 0.05) is 0 Å². The maximum absolute atomic E-state index is 2.35. The first-order valence-electron chi connectivity index (χ1n) is 5.78. The van der Waals surface area contributed by atoms with Gasteiger partial charge in [-0.3, -0.25) is 0 Å². The molecule has 0 aliphatic rings. The molecule has 2 rings (SSSR count). The number of allylic oxidation sites excluding steroid dienone is 2. The average molecular weight is 287 g/mol. The third-order valence-corrected chi connectivity index (χ3v) is 4.58. The molecule has 0 heterocycles. The van der Waals surface area contributed by atoms with Gasteiger partial charge in [0.2, 0.25) is 0 Å². The van der Waals surface area contributed by atoms with Crippen LogP contribution in [-0.4, -0.2) is 15.0 Å². The van der Waals surface area contributed by atoms with Gasteiger partial charge in [-0.05, 0) is 0 Å². The second kappa shape index (κ2) is 6.44. The first-order valence-corrected chi connectivity index (χ1v) is 7.49. The van der Waals surface area contributed by atoms with Gasteiger partial charge in [-0.2, -0.15) is 0 Å². The number of hydrogen-bond donors (Lipinski definition) is 0. The standard InChI is InChI=1S/C16H16Se/c1-14(17-16-10-6-3-7-11-16)12-13-15-8-4-2-5-9-15/h2-12H,13H2,1H3/b14-12-. The minimum atomic E-state index is 0.468. The Morgan fingerprint density at radius 3 is 2.18 bits per heavy atom. The van der Waals surface area contributed by atoms with E-state index < -0.39 is 0 Å². The van der Waals surface area contributed by atoms with Gasteiger partial charge >= 0.3 is 110 Å². The molecule has 2 aromatic carbocycles. The summed E-state index contributed by atoms with van der Waals surface area (Å²) in [4.78, 5) is 0. The molecule has 0 fully saturated rings. The van der Waals surface area contributed by atoms with Gasteiger partial charge in [0.15, 0.2) is 0 Å². The average Bonchev–Trinajstić information content (AvgIpc) is 2.39. The van der Waals surface area contributed by atoms with E-state index in [0.29, 0.717) is 15.0 Å². The molecular weight excluding hydrogens is 271 g/mol. The molecular formula is C16H16Se. The van der Waals surface area contributed by atoms with Crippen LogP contribution < -0.4 is 4.46 Å². The summed E-state index contributed by atoms with van der Waals surface area (Å²) in [5.41, 5.74) is 1.38. The quantitative estimate of drug-likeness (QED) is 0.758. The van der Waals surface area contributed by atoms with E-state index in [1.54, 1.807) is 0 Å². The molecule has 0 radical (unpaired) electrons. The molecule has 0 N–H and O–H groups in total. The predicted molar refractivity (Wildman–Crippen MR) is 75.7 cm³/mol. The summed E-state index contributed by atoms with van der Waals surface area (Å²) >= 11 is 0.468. The zero-order valence-electron chi connectivity index (χ0n) is 9.97. The summed E-state index contributed by atoms with van der Waals surface area (Å²) in [5.74, 6) is 0. The summed E-state index contributed by atoms with van der Waals surface area (Å²) in [6.07, 6.45) is 3.39. The van der Waals surface area contributed by atoms with Crippen molar-refractivity contribution in [3.8, 4) is 0 Å². The van der Waals surface area contributed by atoms with Crippen LogP contribution in [0.5, 0.6) is 0 Å². The van der Waals surface area contributed by atoms with Gasteiger partial charge in [-0.1, -0.05) is 0 Å². The van der Waals surface area contributed by atoms with Crippen LogP contribution in [-0.2, 0) is 6.42 Å². The predicted octanol–water partition coefficient (Wildman–Crippen LogP) is 3.16. The first kappa shape index (κ1) is 12.2. The molecule has 0 saturated carbocycles. The SMILES string of the molecule is C/C(=C/Cc1ccccc1)[Se]c1ccccc1. The number of benzene rings is 2. The minimum absolute atomic E-state index is 0.468. The van der Waals surface area contributed by atoms with Crippen molar-refractivity contribution in [3.63, 3.8) is 0 Å². The van der Waals surface area contributed by atoms with Gasteiger partial charge in [0.05, 0.1) is 0 Å². The van der Waals surface area contributed by atoms with E-state index in [2.05, 4.69) is 73.7 Å². The van der Waals surface area contributed by atoms with E-state index in [0.717, 1.165) is 6.42 Å². The van der Waals surface area contributed by atoms with Crippen LogP contribution in [0.15, 0.2) is 71.2 Å². The van der Waals surface area contributed by atoms with Crippen LogP contribution in [0.4, 0.5) is 0 Å². The third-order valence-electron chi connectivity index (χ3n) is 2.49. The second-order valence-electron chi connectivity index (χ2n) is 3.92. The molecule has 0 aromatic heterocycles. The van der Waals surface area contributed by atoms with E-state index in [-0.39, 0.29) is 0 Å². The molecule has 0 spiro atoms. The Balaban J connectivity index is 1.94. The molecule has 0 bridgehead atoms. The van der Waals surface area contributed by atoms with E-state index in [9.17, 15) is 0 Å². The van der Waals surface area contributed by atoms with Crippen molar-refractivity contribution in [2.75, 3.05) is 0 Å². The summed E-state index contributed by atoms with van der Waals surface area (Å²) < 4.78 is 2.94. The maximum atomic E-state index is 2.35. The summed E-state index contributed by atoms with van der Waals surface area (Å²) in [7, 11) is 0. The topological polar surface area (TPSA) is 0 Å². The van der Waals surface area contributed by atoms with Gasteiger partial charge in [-0.25, -0.2) is 0 Å². The fraction of sp³-hybridized carbons (Fsp3) is 0.125. The third kappa shape index (κ3) is 4.22. The van der Waals surface area contributed by atoms with Gasteiger partial charge < -0.3 is 0 Å². The Kier molecular flexibility index (Phi) is 4.61. The molecule has 0 atom stereocenters. The van der Waals surface area contributed by atoms with Gasteiger partial charge in [-0.15, -0.1) is 0 Å². The summed E-state index contributed by atoms with van der Waals surface area (Å²) in [5, 5.41) is 0. The van der Waals surface area contributed by atoms with Crippen molar-refractivity contribution < 1.29 is 0 Å². The van der Waals surface area contributed by atoms with Crippen molar-refractivity contribution in [1.29, 1.82) is 0 Å². The van der Waals surface area contributed by atoms with Crippen molar-refractivity contribution in [2.24, 2.45) is 0 Å². The molecule has 0 aliphatic carbocycles. The van der Waals surface area contributed by atoms with Crippen molar-refractivity contribution in [3.05, 3.63) is 76.8 Å². The monoisotopic (exact) mass is 288 g/mol. The number of hydrogen-bond acceptors (Lipinski definition) is 0.